The third-order valence-corrected chi connectivity index (χ3v) is 4.53. The zero-order valence-electron chi connectivity index (χ0n) is 15.6. The maximum atomic E-state index is 9.86. The number of phenols is 4. The van der Waals surface area contributed by atoms with Gasteiger partial charge in [0.1, 0.15) is 23.0 Å². The molecule has 1 aliphatic carbocycles. The van der Waals surface area contributed by atoms with Crippen LogP contribution in [0.3, 0.4) is 0 Å². The van der Waals surface area contributed by atoms with Gasteiger partial charge in [-0.15, -0.1) is 0 Å². The fourth-order valence-electron chi connectivity index (χ4n) is 3.07. The van der Waals surface area contributed by atoms with Gasteiger partial charge in [0.15, 0.2) is 0 Å². The van der Waals surface area contributed by atoms with Gasteiger partial charge in [0.05, 0.1) is 12.1 Å². The molecule has 0 spiro atoms. The number of phenolic OH excluding ortho intramolecular Hbond substituents is 4. The largest absolute Gasteiger partial charge is 0.508 e. The summed E-state index contributed by atoms with van der Waals surface area (Å²) in [6.07, 6.45) is 7.18. The molecule has 0 amide bonds. The van der Waals surface area contributed by atoms with Crippen molar-refractivity contribution in [2.24, 2.45) is 9.98 Å². The molecule has 1 radical (unpaired) electrons. The van der Waals surface area contributed by atoms with E-state index in [0.29, 0.717) is 11.1 Å². The molecule has 2 aromatic carbocycles. The molecule has 9 heteroatoms. The molecular weight excluding hydrogens is 423 g/mol. The van der Waals surface area contributed by atoms with Crippen LogP contribution in [0, 0.1) is 0 Å². The van der Waals surface area contributed by atoms with Crippen molar-refractivity contribution in [2.45, 2.75) is 37.8 Å². The minimum Gasteiger partial charge on any atom is -0.508 e. The second-order valence-corrected chi connectivity index (χ2v) is 6.46. The number of rotatable bonds is 4. The SMILES string of the molecule is O.O.Oc1ccc(C=NC2CCCCC2N=Cc2ccc(O)cc2O)c(O)c1.[Co]. The summed E-state index contributed by atoms with van der Waals surface area (Å²) in [5, 5.41) is 38.4. The van der Waals surface area contributed by atoms with Crippen LogP contribution in [0.15, 0.2) is 46.4 Å². The quantitative estimate of drug-likeness (QED) is 0.522. The molecule has 2 aromatic rings. The van der Waals surface area contributed by atoms with Crippen molar-refractivity contribution in [3.05, 3.63) is 47.5 Å². The Balaban J connectivity index is 0.00000261. The Morgan fingerprint density at radius 3 is 1.41 bits per heavy atom. The van der Waals surface area contributed by atoms with E-state index in [9.17, 15) is 20.4 Å². The van der Waals surface area contributed by atoms with E-state index >= 15 is 0 Å². The first-order valence-corrected chi connectivity index (χ1v) is 8.63. The van der Waals surface area contributed by atoms with Crippen LogP contribution in [-0.4, -0.2) is 55.9 Å². The molecule has 1 aliphatic rings. The van der Waals surface area contributed by atoms with E-state index in [-0.39, 0.29) is 62.8 Å². The number of benzene rings is 2. The molecular formula is C20H26CoN2O6. The number of hydrogen-bond donors (Lipinski definition) is 4. The van der Waals surface area contributed by atoms with Crippen molar-refractivity contribution >= 4 is 12.4 Å². The van der Waals surface area contributed by atoms with Crippen LogP contribution in [0.25, 0.3) is 0 Å². The summed E-state index contributed by atoms with van der Waals surface area (Å²) < 4.78 is 0. The summed E-state index contributed by atoms with van der Waals surface area (Å²) in [6, 6.07) is 8.79. The van der Waals surface area contributed by atoms with Crippen LogP contribution in [0.2, 0.25) is 0 Å². The molecule has 8 N–H and O–H groups in total. The van der Waals surface area contributed by atoms with Gasteiger partial charge in [0.2, 0.25) is 0 Å². The Hall–Kier alpha value is -2.59. The molecule has 0 aromatic heterocycles. The molecule has 2 unspecified atom stereocenters. The fourth-order valence-corrected chi connectivity index (χ4v) is 3.07. The maximum Gasteiger partial charge on any atom is 0.128 e. The van der Waals surface area contributed by atoms with E-state index in [1.165, 1.54) is 24.3 Å². The van der Waals surface area contributed by atoms with Crippen LogP contribution in [0.1, 0.15) is 36.8 Å². The van der Waals surface area contributed by atoms with Gasteiger partial charge in [-0.2, -0.15) is 0 Å². The van der Waals surface area contributed by atoms with Crippen molar-refractivity contribution in [3.8, 4) is 23.0 Å². The summed E-state index contributed by atoms with van der Waals surface area (Å²) in [5.74, 6) is -0.0146. The van der Waals surface area contributed by atoms with E-state index in [4.69, 9.17) is 0 Å². The minimum absolute atomic E-state index is 0. The van der Waals surface area contributed by atoms with E-state index in [1.807, 2.05) is 0 Å². The number of hydrogen-bond acceptors (Lipinski definition) is 6. The summed E-state index contributed by atoms with van der Waals surface area (Å²) in [6.45, 7) is 0. The van der Waals surface area contributed by atoms with Gasteiger partial charge in [-0.1, -0.05) is 12.8 Å². The predicted octanol–water partition coefficient (Wildman–Crippen LogP) is 1.71. The molecule has 1 saturated carbocycles. The Bertz CT molecular complexity index is 774. The third kappa shape index (κ3) is 7.06. The van der Waals surface area contributed by atoms with E-state index in [1.54, 1.807) is 24.6 Å². The topological polar surface area (TPSA) is 169 Å². The standard InChI is InChI=1S/C20H22N2O4.Co.2H2O/c23-15-7-5-13(19(25)9-15)11-21-17-3-1-2-4-18(17)22-12-14-6-8-16(24)10-20(14)26;;;/h5-12,17-18,23-26H,1-4H2;;2*1H2. The zero-order chi connectivity index (χ0) is 18.5. The molecule has 8 nitrogen and oxygen atoms in total. The van der Waals surface area contributed by atoms with Crippen LogP contribution in [0.5, 0.6) is 23.0 Å². The van der Waals surface area contributed by atoms with Gasteiger partial charge in [-0.3, -0.25) is 9.98 Å². The summed E-state index contributed by atoms with van der Waals surface area (Å²) in [5.41, 5.74) is 1.10. The van der Waals surface area contributed by atoms with Crippen LogP contribution >= 0.6 is 0 Å². The third-order valence-electron chi connectivity index (χ3n) is 4.53. The van der Waals surface area contributed by atoms with Gasteiger partial charge < -0.3 is 31.4 Å². The second-order valence-electron chi connectivity index (χ2n) is 6.46. The molecule has 2 atom stereocenters. The van der Waals surface area contributed by atoms with E-state index in [0.717, 1.165) is 25.7 Å². The fraction of sp³-hybridized carbons (Fsp3) is 0.300. The Morgan fingerprint density at radius 1 is 0.690 bits per heavy atom. The van der Waals surface area contributed by atoms with Crippen molar-refractivity contribution < 1.29 is 48.2 Å². The molecule has 0 aliphatic heterocycles. The van der Waals surface area contributed by atoms with Crippen LogP contribution < -0.4 is 0 Å². The first-order chi connectivity index (χ1) is 12.5. The van der Waals surface area contributed by atoms with E-state index in [2.05, 4.69) is 9.98 Å². The molecule has 1 fully saturated rings. The summed E-state index contributed by atoms with van der Waals surface area (Å²) >= 11 is 0. The number of nitrogens with zero attached hydrogens (tertiary/aromatic N) is 2. The minimum atomic E-state index is -0.0152. The van der Waals surface area contributed by atoms with Crippen molar-refractivity contribution in [2.75, 3.05) is 0 Å². The Kier molecular flexibility index (Phi) is 11.0. The van der Waals surface area contributed by atoms with Crippen LogP contribution in [-0.2, 0) is 16.8 Å². The molecule has 0 heterocycles. The van der Waals surface area contributed by atoms with Gasteiger partial charge in [-0.05, 0) is 37.1 Å². The first kappa shape index (κ1) is 26.4. The summed E-state index contributed by atoms with van der Waals surface area (Å²) in [7, 11) is 0. The average molecular weight is 449 g/mol. The predicted molar refractivity (Wildman–Crippen MR) is 108 cm³/mol. The Morgan fingerprint density at radius 2 is 1.07 bits per heavy atom. The van der Waals surface area contributed by atoms with Crippen molar-refractivity contribution in [1.82, 2.24) is 0 Å². The van der Waals surface area contributed by atoms with Gasteiger partial charge >= 0.3 is 0 Å². The summed E-state index contributed by atoms with van der Waals surface area (Å²) in [4.78, 5) is 9.18. The normalized spacial score (nSPS) is 18.6. The zero-order valence-corrected chi connectivity index (χ0v) is 16.7. The molecule has 161 valence electrons. The smallest absolute Gasteiger partial charge is 0.128 e. The van der Waals surface area contributed by atoms with Gasteiger partial charge in [0, 0.05) is 52.5 Å². The van der Waals surface area contributed by atoms with Crippen LogP contribution in [0.4, 0.5) is 0 Å². The maximum absolute atomic E-state index is 9.86. The van der Waals surface area contributed by atoms with E-state index < -0.39 is 0 Å². The van der Waals surface area contributed by atoms with Crippen molar-refractivity contribution in [3.63, 3.8) is 0 Å². The molecule has 29 heavy (non-hydrogen) atoms. The molecule has 0 saturated heterocycles. The van der Waals surface area contributed by atoms with Gasteiger partial charge in [-0.25, -0.2) is 0 Å². The Labute approximate surface area is 179 Å². The number of aromatic hydroxyl groups is 4. The average Bonchev–Trinajstić information content (AvgIpc) is 2.61. The molecule has 0 bridgehead atoms. The second kappa shape index (κ2) is 12.1. The monoisotopic (exact) mass is 449 g/mol. The van der Waals surface area contributed by atoms with Crippen molar-refractivity contribution in [1.29, 1.82) is 0 Å². The van der Waals surface area contributed by atoms with Gasteiger partial charge in [0.25, 0.3) is 0 Å². The number of aliphatic imine (C=N–C) groups is 2. The first-order valence-electron chi connectivity index (χ1n) is 8.63. The molecule has 3 rings (SSSR count).